The van der Waals surface area contributed by atoms with Crippen molar-refractivity contribution in [2.45, 2.75) is 135 Å². The van der Waals surface area contributed by atoms with Crippen molar-refractivity contribution in [2.75, 3.05) is 0 Å². The van der Waals surface area contributed by atoms with E-state index in [4.69, 9.17) is 4.74 Å². The second-order valence-corrected chi connectivity index (χ2v) is 15.4. The maximum atomic E-state index is 9.33. The fourth-order valence-corrected chi connectivity index (χ4v) is 9.80. The topological polar surface area (TPSA) is 68.8 Å². The highest BCUT2D eigenvalue weighted by Gasteiger charge is 2.38. The molecule has 1 N–H and O–H groups in total. The van der Waals surface area contributed by atoms with Crippen LogP contribution < -0.4 is 5.32 Å². The maximum Gasteiger partial charge on any atom is 0.119 e. The van der Waals surface area contributed by atoms with Gasteiger partial charge in [-0.25, -0.2) is 0 Å². The molecule has 9 atom stereocenters. The molecule has 0 saturated heterocycles. The molecule has 0 amide bonds. The molecule has 6 rings (SSSR count). The molecule has 3 saturated carbocycles. The van der Waals surface area contributed by atoms with Gasteiger partial charge in [0, 0.05) is 29.5 Å². The third-order valence-electron chi connectivity index (χ3n) is 12.7. The number of hydrogen-bond acceptors (Lipinski definition) is 4. The third-order valence-corrected chi connectivity index (χ3v) is 12.7. The maximum absolute atomic E-state index is 9.33. The van der Waals surface area contributed by atoms with Gasteiger partial charge in [0.15, 0.2) is 0 Å². The average Bonchev–Trinajstić information content (AvgIpc) is 3.46. The first kappa shape index (κ1) is 29.9. The predicted molar refractivity (Wildman–Crippen MR) is 169 cm³/mol. The lowest BCUT2D eigenvalue weighted by molar-refractivity contribution is 0.0754. The Morgan fingerprint density at radius 2 is 1.64 bits per heavy atom. The van der Waals surface area contributed by atoms with Crippen molar-refractivity contribution in [1.82, 2.24) is 5.32 Å². The molecule has 228 valence electrons. The molecule has 0 aromatic carbocycles. The first-order valence-corrected chi connectivity index (χ1v) is 17.8. The van der Waals surface area contributed by atoms with Crippen molar-refractivity contribution >= 4 is 0 Å². The van der Waals surface area contributed by atoms with E-state index in [1.54, 1.807) is 0 Å². The van der Waals surface area contributed by atoms with Crippen molar-refractivity contribution in [2.24, 2.45) is 53.3 Å². The van der Waals surface area contributed by atoms with Gasteiger partial charge >= 0.3 is 0 Å². The number of ether oxygens (including phenoxy) is 1. The zero-order chi connectivity index (χ0) is 29.1. The van der Waals surface area contributed by atoms with E-state index in [-0.39, 0.29) is 5.92 Å². The second kappa shape index (κ2) is 13.6. The average molecular weight is 570 g/mol. The quantitative estimate of drug-likeness (QED) is 0.332. The van der Waals surface area contributed by atoms with Gasteiger partial charge in [-0.1, -0.05) is 26.0 Å². The van der Waals surface area contributed by atoms with Crippen LogP contribution in [0.4, 0.5) is 0 Å². The largest absolute Gasteiger partial charge is 0.490 e. The lowest BCUT2D eigenvalue weighted by Gasteiger charge is -2.38. The Balaban J connectivity index is 0.906. The third kappa shape index (κ3) is 6.95. The van der Waals surface area contributed by atoms with Crippen molar-refractivity contribution < 1.29 is 4.74 Å². The van der Waals surface area contributed by atoms with Crippen LogP contribution >= 0.6 is 0 Å². The molecular formula is C38H55N3O. The van der Waals surface area contributed by atoms with E-state index < -0.39 is 0 Å². The molecule has 3 fully saturated rings. The molecule has 0 radical (unpaired) electrons. The molecule has 0 aromatic rings. The van der Waals surface area contributed by atoms with Crippen LogP contribution in [0.3, 0.4) is 0 Å². The molecule has 4 nitrogen and oxygen atoms in total. The minimum atomic E-state index is 0.218. The lowest BCUT2D eigenvalue weighted by atomic mass is 9.69. The predicted octanol–water partition coefficient (Wildman–Crippen LogP) is 9.37. The summed E-state index contributed by atoms with van der Waals surface area (Å²) in [6.07, 6.45) is 28.6. The minimum Gasteiger partial charge on any atom is -0.490 e. The van der Waals surface area contributed by atoms with Gasteiger partial charge in [-0.2, -0.15) is 10.5 Å². The van der Waals surface area contributed by atoms with Crippen molar-refractivity contribution in [1.29, 1.82) is 10.5 Å². The molecule has 6 aliphatic rings. The van der Waals surface area contributed by atoms with Crippen LogP contribution in [0.2, 0.25) is 0 Å². The van der Waals surface area contributed by atoms with Gasteiger partial charge < -0.3 is 10.1 Å². The molecule has 1 heterocycles. The van der Waals surface area contributed by atoms with Crippen LogP contribution in [0.15, 0.2) is 35.3 Å². The van der Waals surface area contributed by atoms with Crippen molar-refractivity contribution in [3.8, 4) is 12.1 Å². The van der Waals surface area contributed by atoms with E-state index in [2.05, 4.69) is 49.5 Å². The van der Waals surface area contributed by atoms with Crippen LogP contribution in [0.5, 0.6) is 0 Å². The van der Waals surface area contributed by atoms with Crippen molar-refractivity contribution in [3.05, 3.63) is 35.3 Å². The zero-order valence-electron chi connectivity index (χ0n) is 26.4. The van der Waals surface area contributed by atoms with Gasteiger partial charge in [0.05, 0.1) is 12.1 Å². The molecule has 0 aromatic heterocycles. The van der Waals surface area contributed by atoms with Crippen molar-refractivity contribution in [3.63, 3.8) is 0 Å². The highest BCUT2D eigenvalue weighted by molar-refractivity contribution is 5.31. The first-order valence-electron chi connectivity index (χ1n) is 17.8. The molecule has 5 aliphatic carbocycles. The van der Waals surface area contributed by atoms with Gasteiger partial charge in [0.1, 0.15) is 11.9 Å². The number of allylic oxidation sites excluding steroid dienone is 4. The fraction of sp³-hybridized carbons (Fsp3) is 0.789. The van der Waals surface area contributed by atoms with Gasteiger partial charge in [-0.3, -0.25) is 0 Å². The molecule has 0 spiro atoms. The Morgan fingerprint density at radius 1 is 0.857 bits per heavy atom. The Bertz CT molecular complexity index is 1110. The number of hydrogen-bond donors (Lipinski definition) is 1. The summed E-state index contributed by atoms with van der Waals surface area (Å²) in [7, 11) is 0. The number of nitriles is 2. The summed E-state index contributed by atoms with van der Waals surface area (Å²) in [5.41, 5.74) is 2.98. The normalized spacial score (nSPS) is 41.1. The van der Waals surface area contributed by atoms with Crippen LogP contribution in [0, 0.1) is 75.9 Å². The highest BCUT2D eigenvalue weighted by atomic mass is 16.5. The molecule has 9 unspecified atom stereocenters. The number of rotatable bonds is 7. The summed E-state index contributed by atoms with van der Waals surface area (Å²) in [4.78, 5) is 0. The standard InChI is InChI=1S/C38H55N3O/c1-25-19-27(23-39)3-5-33(25)20-26(2)29-10-14-35(15-11-29)41-36-16-12-31(13-17-36)30-6-8-32(9-7-30)38-22-34-21-28(24-40)4-18-37(34)42-38/h8,14,22,25-31,33-34,36-37,41H,3-7,9-13,15-21H2,1-2H3. The summed E-state index contributed by atoms with van der Waals surface area (Å²) in [6, 6.07) is 5.68. The van der Waals surface area contributed by atoms with Crippen LogP contribution in [-0.4, -0.2) is 12.1 Å². The summed E-state index contributed by atoms with van der Waals surface area (Å²) < 4.78 is 6.39. The SMILES string of the molecule is CC(CC1CCC(C#N)CC1C)C1CC=C(NC2CCC(C3CC=C(C4=CC5CC(C#N)CCC5O4)CC3)CC2)CC1. The van der Waals surface area contributed by atoms with Gasteiger partial charge in [0.2, 0.25) is 0 Å². The lowest BCUT2D eigenvalue weighted by Crippen LogP contribution is -2.35. The molecule has 0 bridgehead atoms. The summed E-state index contributed by atoms with van der Waals surface area (Å²) in [5.74, 6) is 7.03. The fourth-order valence-electron chi connectivity index (χ4n) is 9.80. The second-order valence-electron chi connectivity index (χ2n) is 15.4. The molecule has 42 heavy (non-hydrogen) atoms. The van der Waals surface area contributed by atoms with E-state index in [1.807, 2.05) is 0 Å². The summed E-state index contributed by atoms with van der Waals surface area (Å²) >= 11 is 0. The molecular weight excluding hydrogens is 514 g/mol. The van der Waals surface area contributed by atoms with E-state index in [0.717, 1.165) is 67.5 Å². The zero-order valence-corrected chi connectivity index (χ0v) is 26.4. The van der Waals surface area contributed by atoms with E-state index >= 15 is 0 Å². The smallest absolute Gasteiger partial charge is 0.119 e. The Kier molecular flexibility index (Phi) is 9.68. The van der Waals surface area contributed by atoms with Gasteiger partial charge in [0.25, 0.3) is 0 Å². The number of fused-ring (bicyclic) bond motifs is 1. The summed E-state index contributed by atoms with van der Waals surface area (Å²) in [5, 5.41) is 22.6. The van der Waals surface area contributed by atoms with E-state index in [9.17, 15) is 10.5 Å². The highest BCUT2D eigenvalue weighted by Crippen LogP contribution is 2.45. The van der Waals surface area contributed by atoms with Crippen LogP contribution in [0.25, 0.3) is 0 Å². The first-order chi connectivity index (χ1) is 20.5. The van der Waals surface area contributed by atoms with Crippen LogP contribution in [-0.2, 0) is 4.74 Å². The number of nitrogens with one attached hydrogen (secondary N) is 1. The Hall–Kier alpha value is -2.20. The van der Waals surface area contributed by atoms with E-state index in [0.29, 0.717) is 29.9 Å². The Morgan fingerprint density at radius 3 is 2.33 bits per heavy atom. The monoisotopic (exact) mass is 569 g/mol. The van der Waals surface area contributed by atoms with Gasteiger partial charge in [-0.05, 0) is 156 Å². The van der Waals surface area contributed by atoms with E-state index in [1.165, 1.54) is 88.3 Å². The minimum absolute atomic E-state index is 0.218. The molecule has 1 aliphatic heterocycles. The summed E-state index contributed by atoms with van der Waals surface area (Å²) in [6.45, 7) is 4.89. The van der Waals surface area contributed by atoms with Crippen LogP contribution in [0.1, 0.15) is 123 Å². The number of nitrogens with zero attached hydrogens (tertiary/aromatic N) is 2. The van der Waals surface area contributed by atoms with Gasteiger partial charge in [-0.15, -0.1) is 0 Å². The Labute approximate surface area is 256 Å². The molecule has 4 heteroatoms.